The maximum atomic E-state index is 12.1. The van der Waals surface area contributed by atoms with Gasteiger partial charge in [0.15, 0.2) is 0 Å². The number of carbonyl (C=O) groups excluding carboxylic acids is 2. The highest BCUT2D eigenvalue weighted by Gasteiger charge is 2.21. The first-order chi connectivity index (χ1) is 12.6. The molecule has 1 heterocycles. The molecule has 1 aromatic rings. The first-order valence-electron chi connectivity index (χ1n) is 8.89. The molecule has 0 aromatic heterocycles. The van der Waals surface area contributed by atoms with E-state index in [1.807, 2.05) is 0 Å². The Morgan fingerprint density at radius 2 is 2.15 bits per heavy atom. The third kappa shape index (κ3) is 5.34. The summed E-state index contributed by atoms with van der Waals surface area (Å²) in [5.74, 6) is 0.154. The van der Waals surface area contributed by atoms with Gasteiger partial charge in [0.2, 0.25) is 0 Å². The minimum Gasteiger partial charge on any atom is -0.496 e. The number of rotatable bonds is 7. The average Bonchev–Trinajstić information content (AvgIpc) is 2.67. The number of piperidine rings is 1. The summed E-state index contributed by atoms with van der Waals surface area (Å²) in [4.78, 5) is 26.2. The van der Waals surface area contributed by atoms with Crippen LogP contribution in [0.2, 0.25) is 0 Å². The summed E-state index contributed by atoms with van der Waals surface area (Å²) in [6, 6.07) is 4.74. The molecule has 1 saturated heterocycles. The highest BCUT2D eigenvalue weighted by Crippen LogP contribution is 2.22. The van der Waals surface area contributed by atoms with E-state index in [9.17, 15) is 14.7 Å². The molecule has 144 valence electrons. The number of nitrogens with zero attached hydrogens (tertiary/aromatic N) is 1. The third-order valence-corrected chi connectivity index (χ3v) is 4.57. The van der Waals surface area contributed by atoms with E-state index in [1.54, 1.807) is 18.2 Å². The molecule has 0 aliphatic carbocycles. The molecule has 0 bridgehead atoms. The highest BCUT2D eigenvalue weighted by molar-refractivity contribution is 5.99. The molecule has 26 heavy (non-hydrogen) atoms. The van der Waals surface area contributed by atoms with E-state index in [0.29, 0.717) is 30.1 Å². The van der Waals surface area contributed by atoms with Crippen molar-refractivity contribution in [3.05, 3.63) is 23.8 Å². The molecule has 0 saturated carbocycles. The Morgan fingerprint density at radius 1 is 1.35 bits per heavy atom. The van der Waals surface area contributed by atoms with Crippen molar-refractivity contribution in [3.63, 3.8) is 0 Å². The standard InChI is InChI=1S/C18H28N4O4/c1-19-17(24)15-11-13(6-7-16(15)26-2)21-18(25)20-8-10-22-9-4-3-5-14(22)12-23/h6-7,11,14,23H,3-5,8-10,12H2,1-2H3,(H,19,24)(H2,20,21,25). The Labute approximate surface area is 153 Å². The van der Waals surface area contributed by atoms with Crippen LogP contribution in [0.1, 0.15) is 29.6 Å². The summed E-state index contributed by atoms with van der Waals surface area (Å²) in [7, 11) is 3.02. The molecule has 0 spiro atoms. The molecular weight excluding hydrogens is 336 g/mol. The van der Waals surface area contributed by atoms with Crippen molar-refractivity contribution in [1.29, 1.82) is 0 Å². The number of ether oxygens (including phenoxy) is 1. The van der Waals surface area contributed by atoms with Crippen molar-refractivity contribution < 1.29 is 19.4 Å². The molecule has 1 aromatic carbocycles. The summed E-state index contributed by atoms with van der Waals surface area (Å²) in [5, 5.41) is 17.5. The molecule has 3 amide bonds. The summed E-state index contributed by atoms with van der Waals surface area (Å²) >= 11 is 0. The van der Waals surface area contributed by atoms with E-state index in [4.69, 9.17) is 4.74 Å². The number of hydrogen-bond acceptors (Lipinski definition) is 5. The second kappa shape index (κ2) is 9.98. The second-order valence-corrected chi connectivity index (χ2v) is 6.24. The fourth-order valence-electron chi connectivity index (χ4n) is 3.15. The van der Waals surface area contributed by atoms with E-state index >= 15 is 0 Å². The van der Waals surface area contributed by atoms with Crippen molar-refractivity contribution in [1.82, 2.24) is 15.5 Å². The maximum absolute atomic E-state index is 12.1. The predicted molar refractivity (Wildman–Crippen MR) is 99.7 cm³/mol. The van der Waals surface area contributed by atoms with Crippen LogP contribution in [0, 0.1) is 0 Å². The van der Waals surface area contributed by atoms with Crippen LogP contribution in [0.25, 0.3) is 0 Å². The van der Waals surface area contributed by atoms with E-state index in [1.165, 1.54) is 14.2 Å². The number of aliphatic hydroxyl groups is 1. The number of anilines is 1. The molecule has 8 nitrogen and oxygen atoms in total. The van der Waals surface area contributed by atoms with Crippen LogP contribution in [0.15, 0.2) is 18.2 Å². The lowest BCUT2D eigenvalue weighted by Crippen LogP contribution is -2.46. The maximum Gasteiger partial charge on any atom is 0.319 e. The smallest absolute Gasteiger partial charge is 0.319 e. The van der Waals surface area contributed by atoms with Gasteiger partial charge in [-0.15, -0.1) is 0 Å². The summed E-state index contributed by atoms with van der Waals surface area (Å²) < 4.78 is 5.17. The Balaban J connectivity index is 1.86. The third-order valence-electron chi connectivity index (χ3n) is 4.57. The predicted octanol–water partition coefficient (Wildman–Crippen LogP) is 1.02. The van der Waals surface area contributed by atoms with Gasteiger partial charge in [-0.1, -0.05) is 6.42 Å². The number of urea groups is 1. The highest BCUT2D eigenvalue weighted by atomic mass is 16.5. The lowest BCUT2D eigenvalue weighted by Gasteiger charge is -2.34. The topological polar surface area (TPSA) is 103 Å². The molecule has 1 aliphatic heterocycles. The molecule has 1 fully saturated rings. The van der Waals surface area contributed by atoms with Crippen LogP contribution in [-0.4, -0.2) is 68.4 Å². The van der Waals surface area contributed by atoms with Crippen LogP contribution in [-0.2, 0) is 0 Å². The number of likely N-dealkylation sites (tertiary alicyclic amines) is 1. The van der Waals surface area contributed by atoms with Gasteiger partial charge in [0.25, 0.3) is 5.91 Å². The lowest BCUT2D eigenvalue weighted by atomic mass is 10.0. The minimum absolute atomic E-state index is 0.153. The lowest BCUT2D eigenvalue weighted by molar-refractivity contribution is 0.0917. The molecule has 8 heteroatoms. The molecule has 2 rings (SSSR count). The normalized spacial score (nSPS) is 17.4. The van der Waals surface area contributed by atoms with Crippen LogP contribution in [0.5, 0.6) is 5.75 Å². The van der Waals surface area contributed by atoms with Gasteiger partial charge in [0, 0.05) is 31.9 Å². The van der Waals surface area contributed by atoms with Crippen LogP contribution < -0.4 is 20.7 Å². The summed E-state index contributed by atoms with van der Waals surface area (Å²) in [6.45, 7) is 2.29. The van der Waals surface area contributed by atoms with E-state index in [2.05, 4.69) is 20.9 Å². The number of methoxy groups -OCH3 is 1. The van der Waals surface area contributed by atoms with Gasteiger partial charge in [0.1, 0.15) is 5.75 Å². The largest absolute Gasteiger partial charge is 0.496 e. The van der Waals surface area contributed by atoms with Gasteiger partial charge >= 0.3 is 6.03 Å². The Hall–Kier alpha value is -2.32. The van der Waals surface area contributed by atoms with Gasteiger partial charge in [-0.3, -0.25) is 9.69 Å². The van der Waals surface area contributed by atoms with E-state index in [-0.39, 0.29) is 24.6 Å². The molecule has 1 aliphatic rings. The minimum atomic E-state index is -0.337. The van der Waals surface area contributed by atoms with E-state index in [0.717, 1.165) is 25.8 Å². The Bertz CT molecular complexity index is 623. The van der Waals surface area contributed by atoms with Gasteiger partial charge in [0.05, 0.1) is 19.3 Å². The van der Waals surface area contributed by atoms with Crippen LogP contribution >= 0.6 is 0 Å². The van der Waals surface area contributed by atoms with Gasteiger partial charge in [-0.25, -0.2) is 4.79 Å². The fourth-order valence-corrected chi connectivity index (χ4v) is 3.15. The fraction of sp³-hybridized carbons (Fsp3) is 0.556. The number of nitrogens with one attached hydrogen (secondary N) is 3. The van der Waals surface area contributed by atoms with Crippen molar-refractivity contribution in [2.45, 2.75) is 25.3 Å². The zero-order valence-electron chi connectivity index (χ0n) is 15.4. The average molecular weight is 364 g/mol. The van der Waals surface area contributed by atoms with Crippen molar-refractivity contribution in [2.75, 3.05) is 45.7 Å². The SMILES string of the molecule is CNC(=O)c1cc(NC(=O)NCCN2CCCCC2CO)ccc1OC. The van der Waals surface area contributed by atoms with Crippen molar-refractivity contribution >= 4 is 17.6 Å². The van der Waals surface area contributed by atoms with Gasteiger partial charge in [-0.05, 0) is 37.6 Å². The van der Waals surface area contributed by atoms with Gasteiger partial charge in [-0.2, -0.15) is 0 Å². The molecule has 4 N–H and O–H groups in total. The summed E-state index contributed by atoms with van der Waals surface area (Å²) in [6.07, 6.45) is 3.26. The van der Waals surface area contributed by atoms with Crippen molar-refractivity contribution in [3.8, 4) is 5.75 Å². The van der Waals surface area contributed by atoms with Crippen molar-refractivity contribution in [2.24, 2.45) is 0 Å². The number of amides is 3. The molecular formula is C18H28N4O4. The zero-order valence-corrected chi connectivity index (χ0v) is 15.4. The van der Waals surface area contributed by atoms with Crippen LogP contribution in [0.4, 0.5) is 10.5 Å². The monoisotopic (exact) mass is 364 g/mol. The molecule has 1 atom stereocenters. The van der Waals surface area contributed by atoms with Gasteiger partial charge < -0.3 is 25.8 Å². The zero-order chi connectivity index (χ0) is 18.9. The Morgan fingerprint density at radius 3 is 2.85 bits per heavy atom. The quantitative estimate of drug-likeness (QED) is 0.579. The second-order valence-electron chi connectivity index (χ2n) is 6.24. The number of aliphatic hydroxyl groups excluding tert-OH is 1. The number of carbonyl (C=O) groups is 2. The molecule has 0 radical (unpaired) electrons. The number of benzene rings is 1. The van der Waals surface area contributed by atoms with Crippen LogP contribution in [0.3, 0.4) is 0 Å². The Kier molecular flexibility index (Phi) is 7.68. The van der Waals surface area contributed by atoms with E-state index < -0.39 is 0 Å². The number of hydrogen-bond donors (Lipinski definition) is 4. The molecule has 1 unspecified atom stereocenters. The first-order valence-corrected chi connectivity index (χ1v) is 8.89. The summed E-state index contributed by atoms with van der Waals surface area (Å²) in [5.41, 5.74) is 0.861. The first kappa shape index (κ1) is 20.0.